The molecule has 1 aromatic carbocycles. The lowest BCUT2D eigenvalue weighted by Crippen LogP contribution is -2.12. The minimum Gasteiger partial charge on any atom is -0.296 e. The van der Waals surface area contributed by atoms with E-state index in [1.807, 2.05) is 43.6 Å². The number of nitrogens with zero attached hydrogens (tertiary/aromatic N) is 3. The van der Waals surface area contributed by atoms with Gasteiger partial charge in [0.2, 0.25) is 0 Å². The average molecular weight is 424 g/mol. The van der Waals surface area contributed by atoms with E-state index in [4.69, 9.17) is 0 Å². The number of nitrogens with one attached hydrogen (secondary N) is 1. The van der Waals surface area contributed by atoms with Gasteiger partial charge in [0.25, 0.3) is 5.91 Å². The molecule has 0 saturated carbocycles. The molecule has 3 rings (SSSR count). The number of amides is 1. The van der Waals surface area contributed by atoms with Crippen LogP contribution in [0.15, 0.2) is 35.7 Å². The molecular formula is C15H13IN4OS. The normalized spacial score (nSPS) is 10.7. The molecular weight excluding hydrogens is 411 g/mol. The van der Waals surface area contributed by atoms with E-state index in [2.05, 4.69) is 38.0 Å². The lowest BCUT2D eigenvalue weighted by molar-refractivity contribution is 0.102. The first-order valence-electron chi connectivity index (χ1n) is 6.56. The molecule has 0 atom stereocenters. The maximum Gasteiger partial charge on any atom is 0.277 e. The Morgan fingerprint density at radius 1 is 1.32 bits per heavy atom. The maximum atomic E-state index is 12.1. The van der Waals surface area contributed by atoms with Crippen molar-refractivity contribution in [3.05, 3.63) is 50.7 Å². The van der Waals surface area contributed by atoms with Crippen LogP contribution < -0.4 is 5.32 Å². The summed E-state index contributed by atoms with van der Waals surface area (Å²) in [7, 11) is 1.81. The molecule has 1 N–H and O–H groups in total. The Kier molecular flexibility index (Phi) is 4.25. The first kappa shape index (κ1) is 15.2. The van der Waals surface area contributed by atoms with Gasteiger partial charge in [-0.2, -0.15) is 5.10 Å². The largest absolute Gasteiger partial charge is 0.296 e. The fourth-order valence-corrected chi connectivity index (χ4v) is 2.99. The van der Waals surface area contributed by atoms with Gasteiger partial charge in [-0.05, 0) is 47.7 Å². The van der Waals surface area contributed by atoms with Crippen molar-refractivity contribution in [2.75, 3.05) is 5.32 Å². The Labute approximate surface area is 145 Å². The van der Waals surface area contributed by atoms with Crippen LogP contribution in [-0.4, -0.2) is 20.7 Å². The maximum absolute atomic E-state index is 12.1. The molecule has 2 heterocycles. The standard InChI is InChI=1S/C15H13IN4OS/c1-9-7-12(19-20(9)2)14(21)18-15-17-13(8-22-15)10-3-5-11(16)6-4-10/h3-8H,1-2H3,(H,17,18,21). The Balaban J connectivity index is 1.76. The van der Waals surface area contributed by atoms with Crippen LogP contribution in [0.25, 0.3) is 11.3 Å². The third-order valence-electron chi connectivity index (χ3n) is 3.21. The van der Waals surface area contributed by atoms with Gasteiger partial charge in [0, 0.05) is 27.3 Å². The van der Waals surface area contributed by atoms with Crippen LogP contribution in [0.1, 0.15) is 16.2 Å². The van der Waals surface area contributed by atoms with Gasteiger partial charge in [-0.3, -0.25) is 14.8 Å². The summed E-state index contributed by atoms with van der Waals surface area (Å²) in [6.45, 7) is 1.90. The summed E-state index contributed by atoms with van der Waals surface area (Å²) in [4.78, 5) is 16.6. The predicted octanol–water partition coefficient (Wildman–Crippen LogP) is 3.71. The summed E-state index contributed by atoms with van der Waals surface area (Å²) in [6, 6.07) is 9.85. The van der Waals surface area contributed by atoms with E-state index in [9.17, 15) is 4.79 Å². The highest BCUT2D eigenvalue weighted by molar-refractivity contribution is 14.1. The third-order valence-corrected chi connectivity index (χ3v) is 4.69. The number of aromatic nitrogens is 3. The number of aryl methyl sites for hydroxylation is 2. The van der Waals surface area contributed by atoms with Crippen molar-refractivity contribution in [2.45, 2.75) is 6.92 Å². The molecule has 0 radical (unpaired) electrons. The van der Waals surface area contributed by atoms with Crippen molar-refractivity contribution in [2.24, 2.45) is 7.05 Å². The molecule has 22 heavy (non-hydrogen) atoms. The zero-order chi connectivity index (χ0) is 15.7. The summed E-state index contributed by atoms with van der Waals surface area (Å²) >= 11 is 3.67. The monoisotopic (exact) mass is 424 g/mol. The molecule has 0 aliphatic heterocycles. The molecule has 0 bridgehead atoms. The van der Waals surface area contributed by atoms with Crippen LogP contribution in [-0.2, 0) is 7.05 Å². The second-order valence-corrected chi connectivity index (χ2v) is 6.90. The molecule has 1 amide bonds. The van der Waals surface area contributed by atoms with E-state index in [-0.39, 0.29) is 5.91 Å². The molecule has 112 valence electrons. The summed E-state index contributed by atoms with van der Waals surface area (Å²) in [5.41, 5.74) is 3.22. The van der Waals surface area contributed by atoms with Crippen molar-refractivity contribution >= 4 is 45.0 Å². The SMILES string of the molecule is Cc1cc(C(=O)Nc2nc(-c3ccc(I)cc3)cs2)nn1C. The molecule has 2 aromatic heterocycles. The summed E-state index contributed by atoms with van der Waals surface area (Å²) in [5.74, 6) is -0.243. The fraction of sp³-hybridized carbons (Fsp3) is 0.133. The van der Waals surface area contributed by atoms with E-state index in [0.717, 1.165) is 17.0 Å². The van der Waals surface area contributed by atoms with Crippen molar-refractivity contribution in [1.29, 1.82) is 0 Å². The quantitative estimate of drug-likeness (QED) is 0.653. The van der Waals surface area contributed by atoms with Crippen LogP contribution in [0, 0.1) is 10.5 Å². The predicted molar refractivity (Wildman–Crippen MR) is 96.2 cm³/mol. The van der Waals surface area contributed by atoms with Crippen molar-refractivity contribution in [1.82, 2.24) is 14.8 Å². The lowest BCUT2D eigenvalue weighted by Gasteiger charge is -1.98. The van der Waals surface area contributed by atoms with Gasteiger partial charge in [0.1, 0.15) is 0 Å². The lowest BCUT2D eigenvalue weighted by atomic mass is 10.2. The van der Waals surface area contributed by atoms with Crippen LogP contribution in [0.2, 0.25) is 0 Å². The zero-order valence-electron chi connectivity index (χ0n) is 12.0. The molecule has 5 nitrogen and oxygen atoms in total. The number of carbonyl (C=O) groups excluding carboxylic acids is 1. The van der Waals surface area contributed by atoms with E-state index < -0.39 is 0 Å². The highest BCUT2D eigenvalue weighted by Gasteiger charge is 2.13. The van der Waals surface area contributed by atoms with E-state index in [0.29, 0.717) is 10.8 Å². The topological polar surface area (TPSA) is 59.8 Å². The van der Waals surface area contributed by atoms with Gasteiger partial charge < -0.3 is 0 Å². The number of anilines is 1. The molecule has 3 aromatic rings. The summed E-state index contributed by atoms with van der Waals surface area (Å²) in [5, 5.41) is 9.46. The Morgan fingerprint density at radius 3 is 2.68 bits per heavy atom. The van der Waals surface area contributed by atoms with Crippen LogP contribution in [0.3, 0.4) is 0 Å². The summed E-state index contributed by atoms with van der Waals surface area (Å²) < 4.78 is 2.85. The Hall–Kier alpha value is -1.74. The number of rotatable bonds is 3. The second-order valence-electron chi connectivity index (χ2n) is 4.79. The molecule has 7 heteroatoms. The minimum absolute atomic E-state index is 0.243. The van der Waals surface area contributed by atoms with Gasteiger partial charge >= 0.3 is 0 Å². The fourth-order valence-electron chi connectivity index (χ4n) is 1.92. The molecule has 0 aliphatic carbocycles. The van der Waals surface area contributed by atoms with E-state index in [1.165, 1.54) is 14.9 Å². The number of benzene rings is 1. The number of thiazole rings is 1. The summed E-state index contributed by atoms with van der Waals surface area (Å²) in [6.07, 6.45) is 0. The van der Waals surface area contributed by atoms with Crippen LogP contribution in [0.5, 0.6) is 0 Å². The van der Waals surface area contributed by atoms with Gasteiger partial charge in [0.15, 0.2) is 10.8 Å². The molecule has 0 spiro atoms. The van der Waals surface area contributed by atoms with Gasteiger partial charge in [-0.25, -0.2) is 4.98 Å². The molecule has 0 saturated heterocycles. The number of halogens is 1. The highest BCUT2D eigenvalue weighted by atomic mass is 127. The van der Waals surface area contributed by atoms with Crippen LogP contribution in [0.4, 0.5) is 5.13 Å². The minimum atomic E-state index is -0.243. The van der Waals surface area contributed by atoms with Gasteiger partial charge in [-0.1, -0.05) is 12.1 Å². The Bertz CT molecular complexity index is 803. The average Bonchev–Trinajstić information content (AvgIpc) is 3.08. The second kappa shape index (κ2) is 6.17. The number of hydrogen-bond donors (Lipinski definition) is 1. The third kappa shape index (κ3) is 3.20. The zero-order valence-corrected chi connectivity index (χ0v) is 15.0. The van der Waals surface area contributed by atoms with Crippen molar-refractivity contribution in [3.63, 3.8) is 0 Å². The molecule has 0 aliphatic rings. The van der Waals surface area contributed by atoms with E-state index in [1.54, 1.807) is 10.7 Å². The van der Waals surface area contributed by atoms with Crippen molar-refractivity contribution < 1.29 is 4.79 Å². The molecule has 0 unspecified atom stereocenters. The first-order valence-corrected chi connectivity index (χ1v) is 8.52. The number of hydrogen-bond acceptors (Lipinski definition) is 4. The first-order chi connectivity index (χ1) is 10.5. The smallest absolute Gasteiger partial charge is 0.277 e. The van der Waals surface area contributed by atoms with Crippen molar-refractivity contribution in [3.8, 4) is 11.3 Å². The number of carbonyl (C=O) groups is 1. The van der Waals surface area contributed by atoms with Gasteiger partial charge in [-0.15, -0.1) is 11.3 Å². The van der Waals surface area contributed by atoms with Crippen LogP contribution >= 0.6 is 33.9 Å². The van der Waals surface area contributed by atoms with E-state index >= 15 is 0 Å². The molecule has 0 fully saturated rings. The highest BCUT2D eigenvalue weighted by Crippen LogP contribution is 2.25. The van der Waals surface area contributed by atoms with Gasteiger partial charge in [0.05, 0.1) is 5.69 Å². The Morgan fingerprint density at radius 2 is 2.05 bits per heavy atom.